The molecule has 0 radical (unpaired) electrons. The van der Waals surface area contributed by atoms with Crippen LogP contribution in [0.25, 0.3) is 0 Å². The minimum atomic E-state index is 0.500. The quantitative estimate of drug-likeness (QED) is 0.869. The molecule has 1 unspecified atom stereocenters. The van der Waals surface area contributed by atoms with Crippen molar-refractivity contribution in [2.75, 3.05) is 11.9 Å². The first-order valence-electron chi connectivity index (χ1n) is 5.35. The van der Waals surface area contributed by atoms with E-state index in [1.54, 1.807) is 0 Å². The van der Waals surface area contributed by atoms with Gasteiger partial charge in [0.05, 0.1) is 17.2 Å². The number of fused-ring (bicyclic) bond motifs is 1. The first kappa shape index (κ1) is 9.90. The summed E-state index contributed by atoms with van der Waals surface area (Å²) >= 11 is 3.48. The molecule has 0 spiro atoms. The van der Waals surface area contributed by atoms with E-state index in [0.717, 1.165) is 23.4 Å². The number of hydrogen-bond donors (Lipinski definition) is 1. The number of nitrogens with zero attached hydrogens (tertiary/aromatic N) is 2. The van der Waals surface area contributed by atoms with Gasteiger partial charge in [-0.3, -0.25) is 0 Å². The van der Waals surface area contributed by atoms with Gasteiger partial charge in [0.25, 0.3) is 0 Å². The Kier molecular flexibility index (Phi) is 2.44. The Balaban J connectivity index is 1.89. The Labute approximate surface area is 103 Å². The van der Waals surface area contributed by atoms with Crippen LogP contribution in [-0.4, -0.2) is 16.3 Å². The van der Waals surface area contributed by atoms with Crippen LogP contribution in [0.2, 0.25) is 0 Å². The van der Waals surface area contributed by atoms with E-state index in [1.165, 1.54) is 5.56 Å². The number of hydrogen-bond acceptors (Lipinski definition) is 2. The minimum Gasteiger partial charge on any atom is -0.369 e. The fraction of sp³-hybridized carbons (Fsp3) is 0.250. The third-order valence-electron chi connectivity index (χ3n) is 2.98. The van der Waals surface area contributed by atoms with Crippen LogP contribution in [-0.2, 0) is 6.54 Å². The molecule has 0 saturated carbocycles. The normalized spacial score (nSPS) is 18.9. The second-order valence-corrected chi connectivity index (χ2v) is 4.87. The fourth-order valence-electron chi connectivity index (χ4n) is 2.12. The Bertz CT molecular complexity index is 492. The first-order chi connectivity index (χ1) is 7.84. The highest BCUT2D eigenvalue weighted by Gasteiger charge is 2.21. The maximum absolute atomic E-state index is 4.34. The van der Waals surface area contributed by atoms with Crippen LogP contribution in [0.15, 0.2) is 41.0 Å². The number of nitrogens with one attached hydrogen (secondary N) is 1. The van der Waals surface area contributed by atoms with Gasteiger partial charge in [0, 0.05) is 12.5 Å². The van der Waals surface area contributed by atoms with E-state index < -0.39 is 0 Å². The highest BCUT2D eigenvalue weighted by atomic mass is 79.9. The zero-order chi connectivity index (χ0) is 11.0. The summed E-state index contributed by atoms with van der Waals surface area (Å²) in [7, 11) is 0. The molecule has 2 heterocycles. The molecule has 4 heteroatoms. The molecule has 0 aliphatic carbocycles. The average molecular weight is 278 g/mol. The van der Waals surface area contributed by atoms with Gasteiger partial charge in [0.2, 0.25) is 0 Å². The lowest BCUT2D eigenvalue weighted by molar-refractivity contribution is 0.505. The second-order valence-electron chi connectivity index (χ2n) is 4.01. The van der Waals surface area contributed by atoms with Gasteiger partial charge in [-0.2, -0.15) is 5.10 Å². The maximum Gasteiger partial charge on any atom is 0.138 e. The predicted octanol–water partition coefficient (Wildman–Crippen LogP) is 2.85. The molecule has 1 aromatic heterocycles. The molecule has 0 amide bonds. The summed E-state index contributed by atoms with van der Waals surface area (Å²) in [6, 6.07) is 10.6. The van der Waals surface area contributed by atoms with Gasteiger partial charge in [0.15, 0.2) is 0 Å². The minimum absolute atomic E-state index is 0.500. The van der Waals surface area contributed by atoms with Gasteiger partial charge in [-0.1, -0.05) is 30.3 Å². The van der Waals surface area contributed by atoms with Crippen LogP contribution >= 0.6 is 15.9 Å². The molecule has 1 N–H and O–H groups in total. The molecule has 3 nitrogen and oxygen atoms in total. The number of anilines is 1. The standard InChI is InChI=1S/C12H12BrN3/c13-11-7-15-16-8-10(6-14-12(11)16)9-4-2-1-3-5-9/h1-5,7,10,14H,6,8H2. The fourth-order valence-corrected chi connectivity index (χ4v) is 2.55. The molecule has 1 aromatic carbocycles. The third kappa shape index (κ3) is 1.63. The third-order valence-corrected chi connectivity index (χ3v) is 3.56. The van der Waals surface area contributed by atoms with Crippen LogP contribution in [0.3, 0.4) is 0 Å². The Hall–Kier alpha value is -1.29. The lowest BCUT2D eigenvalue weighted by Gasteiger charge is -2.25. The smallest absolute Gasteiger partial charge is 0.138 e. The summed E-state index contributed by atoms with van der Waals surface area (Å²) in [6.07, 6.45) is 1.84. The van der Waals surface area contributed by atoms with Crippen LogP contribution in [0, 0.1) is 0 Å². The highest BCUT2D eigenvalue weighted by Crippen LogP contribution is 2.29. The highest BCUT2D eigenvalue weighted by molar-refractivity contribution is 9.10. The topological polar surface area (TPSA) is 29.9 Å². The largest absolute Gasteiger partial charge is 0.369 e. The summed E-state index contributed by atoms with van der Waals surface area (Å²) in [4.78, 5) is 0. The van der Waals surface area contributed by atoms with E-state index in [4.69, 9.17) is 0 Å². The van der Waals surface area contributed by atoms with E-state index in [2.05, 4.69) is 56.7 Å². The molecule has 0 saturated heterocycles. The summed E-state index contributed by atoms with van der Waals surface area (Å²) in [5.41, 5.74) is 1.37. The van der Waals surface area contributed by atoms with E-state index in [9.17, 15) is 0 Å². The Morgan fingerprint density at radius 3 is 2.94 bits per heavy atom. The molecule has 1 aliphatic rings. The molecule has 2 aromatic rings. The number of benzene rings is 1. The van der Waals surface area contributed by atoms with Crippen molar-refractivity contribution < 1.29 is 0 Å². The zero-order valence-electron chi connectivity index (χ0n) is 8.73. The molecule has 82 valence electrons. The maximum atomic E-state index is 4.34. The van der Waals surface area contributed by atoms with Crippen LogP contribution in [0.5, 0.6) is 0 Å². The predicted molar refractivity (Wildman–Crippen MR) is 67.6 cm³/mol. The molecular formula is C12H12BrN3. The summed E-state index contributed by atoms with van der Waals surface area (Å²) in [5.74, 6) is 1.59. The molecule has 3 rings (SSSR count). The lowest BCUT2D eigenvalue weighted by Crippen LogP contribution is -2.26. The molecule has 1 aliphatic heterocycles. The van der Waals surface area contributed by atoms with Crippen LogP contribution in [0.1, 0.15) is 11.5 Å². The Morgan fingerprint density at radius 2 is 2.12 bits per heavy atom. The van der Waals surface area contributed by atoms with Crippen molar-refractivity contribution in [2.24, 2.45) is 0 Å². The number of halogens is 1. The van der Waals surface area contributed by atoms with Crippen molar-refractivity contribution in [2.45, 2.75) is 12.5 Å². The van der Waals surface area contributed by atoms with Gasteiger partial charge in [0.1, 0.15) is 5.82 Å². The van der Waals surface area contributed by atoms with E-state index >= 15 is 0 Å². The van der Waals surface area contributed by atoms with Gasteiger partial charge in [-0.05, 0) is 21.5 Å². The van der Waals surface area contributed by atoms with Crippen LogP contribution < -0.4 is 5.32 Å². The monoisotopic (exact) mass is 277 g/mol. The summed E-state index contributed by atoms with van der Waals surface area (Å²) in [5, 5.41) is 7.75. The zero-order valence-corrected chi connectivity index (χ0v) is 10.3. The number of rotatable bonds is 1. The SMILES string of the molecule is Brc1cnn2c1NCC(c1ccccc1)C2. The van der Waals surface area contributed by atoms with Crippen LogP contribution in [0.4, 0.5) is 5.82 Å². The van der Waals surface area contributed by atoms with E-state index in [1.807, 2.05) is 10.9 Å². The number of aromatic nitrogens is 2. The molecule has 0 fully saturated rings. The summed E-state index contributed by atoms with van der Waals surface area (Å²) < 4.78 is 3.06. The van der Waals surface area contributed by atoms with Gasteiger partial charge in [-0.25, -0.2) is 4.68 Å². The van der Waals surface area contributed by atoms with E-state index in [-0.39, 0.29) is 0 Å². The average Bonchev–Trinajstić information content (AvgIpc) is 2.72. The van der Waals surface area contributed by atoms with Crippen molar-refractivity contribution in [3.8, 4) is 0 Å². The lowest BCUT2D eigenvalue weighted by atomic mass is 9.98. The second kappa shape index (κ2) is 3.94. The first-order valence-corrected chi connectivity index (χ1v) is 6.14. The molecular weight excluding hydrogens is 266 g/mol. The van der Waals surface area contributed by atoms with Crippen molar-refractivity contribution in [1.82, 2.24) is 9.78 Å². The van der Waals surface area contributed by atoms with Crippen molar-refractivity contribution in [1.29, 1.82) is 0 Å². The van der Waals surface area contributed by atoms with Crippen molar-refractivity contribution >= 4 is 21.7 Å². The Morgan fingerprint density at radius 1 is 1.31 bits per heavy atom. The van der Waals surface area contributed by atoms with Gasteiger partial charge >= 0.3 is 0 Å². The van der Waals surface area contributed by atoms with Crippen molar-refractivity contribution in [3.05, 3.63) is 46.6 Å². The molecule has 0 bridgehead atoms. The van der Waals surface area contributed by atoms with Gasteiger partial charge < -0.3 is 5.32 Å². The van der Waals surface area contributed by atoms with Crippen molar-refractivity contribution in [3.63, 3.8) is 0 Å². The molecule has 1 atom stereocenters. The molecule has 16 heavy (non-hydrogen) atoms. The summed E-state index contributed by atoms with van der Waals surface area (Å²) in [6.45, 7) is 1.91. The van der Waals surface area contributed by atoms with Gasteiger partial charge in [-0.15, -0.1) is 0 Å². The van der Waals surface area contributed by atoms with E-state index in [0.29, 0.717) is 5.92 Å².